The van der Waals surface area contributed by atoms with Crippen molar-refractivity contribution in [2.24, 2.45) is 0 Å². The average molecular weight is 255 g/mol. The SMILES string of the molecule is COc1ccc2nc(CCBr)[nH]c2c1. The minimum Gasteiger partial charge on any atom is -0.497 e. The number of alkyl halides is 1. The summed E-state index contributed by atoms with van der Waals surface area (Å²) < 4.78 is 5.13. The topological polar surface area (TPSA) is 37.9 Å². The summed E-state index contributed by atoms with van der Waals surface area (Å²) in [6, 6.07) is 5.84. The van der Waals surface area contributed by atoms with Crippen molar-refractivity contribution in [1.82, 2.24) is 9.97 Å². The van der Waals surface area contributed by atoms with E-state index in [-0.39, 0.29) is 0 Å². The predicted octanol–water partition coefficient (Wildman–Crippen LogP) is 2.51. The summed E-state index contributed by atoms with van der Waals surface area (Å²) in [6.45, 7) is 0. The highest BCUT2D eigenvalue weighted by atomic mass is 79.9. The molecule has 4 heteroatoms. The molecule has 0 amide bonds. The molecule has 1 heterocycles. The number of nitrogens with one attached hydrogen (secondary N) is 1. The van der Waals surface area contributed by atoms with Gasteiger partial charge in [-0.05, 0) is 12.1 Å². The van der Waals surface area contributed by atoms with Gasteiger partial charge < -0.3 is 9.72 Å². The van der Waals surface area contributed by atoms with Crippen LogP contribution < -0.4 is 4.74 Å². The Morgan fingerprint density at radius 2 is 2.36 bits per heavy atom. The fourth-order valence-corrected chi connectivity index (χ4v) is 1.75. The van der Waals surface area contributed by atoms with E-state index in [4.69, 9.17) is 4.74 Å². The number of methoxy groups -OCH3 is 1. The van der Waals surface area contributed by atoms with Gasteiger partial charge in [0, 0.05) is 17.8 Å². The Kier molecular flexibility index (Phi) is 2.72. The molecule has 1 aromatic heterocycles. The van der Waals surface area contributed by atoms with Crippen molar-refractivity contribution < 1.29 is 4.74 Å². The molecule has 0 aliphatic rings. The van der Waals surface area contributed by atoms with Gasteiger partial charge in [0.2, 0.25) is 0 Å². The van der Waals surface area contributed by atoms with E-state index in [2.05, 4.69) is 25.9 Å². The number of halogens is 1. The van der Waals surface area contributed by atoms with E-state index in [1.54, 1.807) is 7.11 Å². The molecule has 1 aromatic carbocycles. The molecule has 0 saturated carbocycles. The highest BCUT2D eigenvalue weighted by molar-refractivity contribution is 9.09. The molecule has 0 bridgehead atoms. The smallest absolute Gasteiger partial charge is 0.121 e. The monoisotopic (exact) mass is 254 g/mol. The lowest BCUT2D eigenvalue weighted by molar-refractivity contribution is 0.415. The first-order valence-corrected chi connectivity index (χ1v) is 5.54. The number of aromatic nitrogens is 2. The van der Waals surface area contributed by atoms with Gasteiger partial charge in [0.1, 0.15) is 11.6 Å². The third-order valence-electron chi connectivity index (χ3n) is 2.07. The first kappa shape index (κ1) is 9.52. The molecule has 2 aromatic rings. The van der Waals surface area contributed by atoms with E-state index in [0.717, 1.165) is 34.4 Å². The van der Waals surface area contributed by atoms with Crippen LogP contribution in [-0.4, -0.2) is 22.4 Å². The summed E-state index contributed by atoms with van der Waals surface area (Å²) in [5, 5.41) is 0.921. The maximum absolute atomic E-state index is 5.13. The number of benzene rings is 1. The summed E-state index contributed by atoms with van der Waals surface area (Å²) >= 11 is 3.39. The molecular formula is C10H11BrN2O. The Morgan fingerprint density at radius 3 is 3.07 bits per heavy atom. The van der Waals surface area contributed by atoms with Crippen LogP contribution in [0.25, 0.3) is 11.0 Å². The zero-order valence-corrected chi connectivity index (χ0v) is 9.47. The Labute approximate surface area is 90.6 Å². The normalized spacial score (nSPS) is 10.7. The van der Waals surface area contributed by atoms with Crippen molar-refractivity contribution in [1.29, 1.82) is 0 Å². The summed E-state index contributed by atoms with van der Waals surface area (Å²) in [6.07, 6.45) is 0.914. The molecule has 0 atom stereocenters. The molecule has 0 radical (unpaired) electrons. The Morgan fingerprint density at radius 1 is 1.50 bits per heavy atom. The Hall–Kier alpha value is -1.03. The van der Waals surface area contributed by atoms with Crippen molar-refractivity contribution >= 4 is 27.0 Å². The molecular weight excluding hydrogens is 244 g/mol. The maximum atomic E-state index is 5.13. The van der Waals surface area contributed by atoms with Gasteiger partial charge in [-0.1, -0.05) is 15.9 Å². The molecule has 0 spiro atoms. The Bertz CT molecular complexity index is 439. The lowest BCUT2D eigenvalue weighted by atomic mass is 10.3. The van der Waals surface area contributed by atoms with Gasteiger partial charge in [-0.15, -0.1) is 0 Å². The molecule has 2 rings (SSSR count). The number of H-pyrrole nitrogens is 1. The van der Waals surface area contributed by atoms with Crippen LogP contribution in [0.2, 0.25) is 0 Å². The first-order chi connectivity index (χ1) is 6.83. The van der Waals surface area contributed by atoms with Crippen LogP contribution >= 0.6 is 15.9 Å². The minimum absolute atomic E-state index is 0.853. The molecule has 1 N–H and O–H groups in total. The zero-order chi connectivity index (χ0) is 9.97. The second kappa shape index (κ2) is 4.00. The fraction of sp³-hybridized carbons (Fsp3) is 0.300. The van der Waals surface area contributed by atoms with E-state index in [1.165, 1.54) is 0 Å². The number of ether oxygens (including phenoxy) is 1. The van der Waals surface area contributed by atoms with Crippen LogP contribution in [0, 0.1) is 0 Å². The van der Waals surface area contributed by atoms with Crippen molar-refractivity contribution in [2.75, 3.05) is 12.4 Å². The lowest BCUT2D eigenvalue weighted by Gasteiger charge is -1.96. The van der Waals surface area contributed by atoms with Gasteiger partial charge in [-0.2, -0.15) is 0 Å². The summed E-state index contributed by atoms with van der Waals surface area (Å²) in [5.74, 6) is 1.86. The number of fused-ring (bicyclic) bond motifs is 1. The van der Waals surface area contributed by atoms with Crippen LogP contribution in [0.15, 0.2) is 18.2 Å². The van der Waals surface area contributed by atoms with E-state index in [0.29, 0.717) is 0 Å². The van der Waals surface area contributed by atoms with E-state index in [9.17, 15) is 0 Å². The molecule has 3 nitrogen and oxygen atoms in total. The van der Waals surface area contributed by atoms with Crippen molar-refractivity contribution in [3.63, 3.8) is 0 Å². The van der Waals surface area contributed by atoms with Gasteiger partial charge in [0.25, 0.3) is 0 Å². The summed E-state index contributed by atoms with van der Waals surface area (Å²) in [5.41, 5.74) is 2.02. The maximum Gasteiger partial charge on any atom is 0.121 e. The van der Waals surface area contributed by atoms with Crippen molar-refractivity contribution in [3.05, 3.63) is 24.0 Å². The van der Waals surface area contributed by atoms with Crippen molar-refractivity contribution in [2.45, 2.75) is 6.42 Å². The van der Waals surface area contributed by atoms with Gasteiger partial charge in [-0.25, -0.2) is 4.98 Å². The van der Waals surface area contributed by atoms with E-state index < -0.39 is 0 Å². The van der Waals surface area contributed by atoms with E-state index >= 15 is 0 Å². The number of hydrogen-bond acceptors (Lipinski definition) is 2. The molecule has 0 aliphatic carbocycles. The van der Waals surface area contributed by atoms with Gasteiger partial charge in [-0.3, -0.25) is 0 Å². The minimum atomic E-state index is 0.853. The fourth-order valence-electron chi connectivity index (χ4n) is 1.38. The first-order valence-electron chi connectivity index (χ1n) is 4.42. The number of aromatic amines is 1. The number of aryl methyl sites for hydroxylation is 1. The molecule has 14 heavy (non-hydrogen) atoms. The van der Waals surface area contributed by atoms with Crippen LogP contribution in [0.3, 0.4) is 0 Å². The largest absolute Gasteiger partial charge is 0.497 e. The van der Waals surface area contributed by atoms with Crippen molar-refractivity contribution in [3.8, 4) is 5.75 Å². The predicted molar refractivity (Wildman–Crippen MR) is 60.1 cm³/mol. The number of imidazole rings is 1. The molecule has 74 valence electrons. The van der Waals surface area contributed by atoms with E-state index in [1.807, 2.05) is 18.2 Å². The van der Waals surface area contributed by atoms with Crippen LogP contribution in [0.4, 0.5) is 0 Å². The summed E-state index contributed by atoms with van der Waals surface area (Å²) in [4.78, 5) is 7.69. The number of rotatable bonds is 3. The van der Waals surface area contributed by atoms with Crippen LogP contribution in [0.1, 0.15) is 5.82 Å². The highest BCUT2D eigenvalue weighted by Crippen LogP contribution is 2.18. The number of hydrogen-bond donors (Lipinski definition) is 1. The van der Waals surface area contributed by atoms with Gasteiger partial charge in [0.05, 0.1) is 18.1 Å². The summed E-state index contributed by atoms with van der Waals surface area (Å²) in [7, 11) is 1.66. The third kappa shape index (κ3) is 1.75. The lowest BCUT2D eigenvalue weighted by Crippen LogP contribution is -1.86. The van der Waals surface area contributed by atoms with Crippen LogP contribution in [-0.2, 0) is 6.42 Å². The molecule has 0 aliphatic heterocycles. The van der Waals surface area contributed by atoms with Crippen LogP contribution in [0.5, 0.6) is 5.75 Å². The standard InChI is InChI=1S/C10H11BrN2O/c1-14-7-2-3-8-9(6-7)13-10(12-8)4-5-11/h2-3,6H,4-5H2,1H3,(H,12,13). The molecule has 0 fully saturated rings. The van der Waals surface area contributed by atoms with Gasteiger partial charge in [0.15, 0.2) is 0 Å². The molecule has 0 saturated heterocycles. The van der Waals surface area contributed by atoms with Gasteiger partial charge >= 0.3 is 0 Å². The second-order valence-corrected chi connectivity index (χ2v) is 3.80. The Balaban J connectivity index is 2.43. The highest BCUT2D eigenvalue weighted by Gasteiger charge is 2.02. The third-order valence-corrected chi connectivity index (χ3v) is 2.47. The quantitative estimate of drug-likeness (QED) is 0.855. The average Bonchev–Trinajstić information content (AvgIpc) is 2.59. The molecule has 0 unspecified atom stereocenters. The zero-order valence-electron chi connectivity index (χ0n) is 7.88. The number of nitrogens with zero attached hydrogens (tertiary/aromatic N) is 1. The second-order valence-electron chi connectivity index (χ2n) is 3.01.